The number of rotatable bonds is 9. The lowest BCUT2D eigenvalue weighted by Gasteiger charge is -2.23. The summed E-state index contributed by atoms with van der Waals surface area (Å²) < 4.78 is 16.7. The summed E-state index contributed by atoms with van der Waals surface area (Å²) in [4.78, 5) is 16.2. The van der Waals surface area contributed by atoms with Crippen molar-refractivity contribution in [3.63, 3.8) is 0 Å². The first-order valence-corrected chi connectivity index (χ1v) is 11.5. The highest BCUT2D eigenvalue weighted by molar-refractivity contribution is 5.90. The second kappa shape index (κ2) is 10.2. The Balaban J connectivity index is 1.52. The SMILES string of the molecule is CC(C)CCc1ccc2[nH]cc(OC(=O)C3OC(O)(CO)C(O)C3OCc3ccccc3)c2c1. The van der Waals surface area contributed by atoms with Crippen LogP contribution in [0.25, 0.3) is 10.9 Å². The molecule has 2 heterocycles. The normalized spacial score (nSPS) is 24.7. The highest BCUT2D eigenvalue weighted by atomic mass is 16.7. The molecular formula is C26H31NO7. The van der Waals surface area contributed by atoms with Gasteiger partial charge in [-0.2, -0.15) is 0 Å². The van der Waals surface area contributed by atoms with Crippen LogP contribution in [0.4, 0.5) is 0 Å². The highest BCUT2D eigenvalue weighted by Gasteiger charge is 2.57. The number of fused-ring (bicyclic) bond motifs is 1. The van der Waals surface area contributed by atoms with Gasteiger partial charge in [0.15, 0.2) is 11.9 Å². The molecule has 4 atom stereocenters. The molecule has 1 saturated heterocycles. The number of aromatic amines is 1. The van der Waals surface area contributed by atoms with Crippen LogP contribution < -0.4 is 4.74 Å². The Kier molecular flexibility index (Phi) is 7.35. The summed E-state index contributed by atoms with van der Waals surface area (Å²) in [6, 6.07) is 15.1. The van der Waals surface area contributed by atoms with Gasteiger partial charge in [0, 0.05) is 17.1 Å². The van der Waals surface area contributed by atoms with Crippen LogP contribution in [0.2, 0.25) is 0 Å². The van der Waals surface area contributed by atoms with Crippen molar-refractivity contribution in [1.29, 1.82) is 0 Å². The number of aryl methyl sites for hydroxylation is 1. The summed E-state index contributed by atoms with van der Waals surface area (Å²) in [7, 11) is 0. The van der Waals surface area contributed by atoms with Crippen LogP contribution in [-0.4, -0.2) is 57.0 Å². The molecule has 8 nitrogen and oxygen atoms in total. The number of esters is 1. The van der Waals surface area contributed by atoms with E-state index >= 15 is 0 Å². The van der Waals surface area contributed by atoms with Crippen LogP contribution >= 0.6 is 0 Å². The Hall–Kier alpha value is -2.75. The fourth-order valence-electron chi connectivity index (χ4n) is 4.04. The van der Waals surface area contributed by atoms with Gasteiger partial charge in [-0.1, -0.05) is 50.2 Å². The third-order valence-electron chi connectivity index (χ3n) is 6.08. The molecule has 0 spiro atoms. The molecule has 4 N–H and O–H groups in total. The van der Waals surface area contributed by atoms with Crippen LogP contribution in [0.15, 0.2) is 54.7 Å². The Bertz CT molecular complexity index is 1110. The van der Waals surface area contributed by atoms with Crippen LogP contribution in [0.1, 0.15) is 31.4 Å². The van der Waals surface area contributed by atoms with E-state index in [1.807, 2.05) is 48.5 Å². The Labute approximate surface area is 198 Å². The zero-order valence-electron chi connectivity index (χ0n) is 19.3. The van der Waals surface area contributed by atoms with Crippen molar-refractivity contribution in [2.24, 2.45) is 5.92 Å². The predicted molar refractivity (Wildman–Crippen MR) is 125 cm³/mol. The summed E-state index contributed by atoms with van der Waals surface area (Å²) in [5.74, 6) is -2.29. The van der Waals surface area contributed by atoms with Gasteiger partial charge in [-0.25, -0.2) is 4.79 Å². The quantitative estimate of drug-likeness (QED) is 0.356. The molecule has 182 valence electrons. The standard InChI is InChI=1S/C26H31NO7/c1-16(2)8-9-17-10-11-20-19(12-17)21(13-27-20)33-25(30)23-22(24(29)26(31,15-28)34-23)32-14-18-6-4-3-5-7-18/h3-7,10-13,16,22-24,27-29,31H,8-9,14-15H2,1-2H3. The topological polar surface area (TPSA) is 121 Å². The molecule has 8 heteroatoms. The number of H-pyrrole nitrogens is 1. The molecule has 0 amide bonds. The first-order valence-electron chi connectivity index (χ1n) is 11.5. The number of hydrogen-bond donors (Lipinski definition) is 4. The monoisotopic (exact) mass is 469 g/mol. The van der Waals surface area contributed by atoms with E-state index in [9.17, 15) is 20.1 Å². The number of hydrogen-bond acceptors (Lipinski definition) is 7. The van der Waals surface area contributed by atoms with Crippen LogP contribution in [0.3, 0.4) is 0 Å². The lowest BCUT2D eigenvalue weighted by atomic mass is 10.0. The molecule has 34 heavy (non-hydrogen) atoms. The highest BCUT2D eigenvalue weighted by Crippen LogP contribution is 2.34. The van der Waals surface area contributed by atoms with Gasteiger partial charge in [-0.05, 0) is 42.0 Å². The Morgan fingerprint density at radius 3 is 2.65 bits per heavy atom. The molecule has 0 aliphatic carbocycles. The molecule has 1 aliphatic heterocycles. The van der Waals surface area contributed by atoms with Crippen molar-refractivity contribution in [2.45, 2.75) is 57.4 Å². The zero-order chi connectivity index (χ0) is 24.3. The first kappa shape index (κ1) is 24.4. The predicted octanol–water partition coefficient (Wildman–Crippen LogP) is 2.69. The van der Waals surface area contributed by atoms with Crippen molar-refractivity contribution < 1.29 is 34.3 Å². The van der Waals surface area contributed by atoms with Gasteiger partial charge >= 0.3 is 5.97 Å². The number of ether oxygens (including phenoxy) is 3. The van der Waals surface area contributed by atoms with Crippen molar-refractivity contribution in [3.05, 3.63) is 65.9 Å². The second-order valence-corrected chi connectivity index (χ2v) is 9.13. The average molecular weight is 470 g/mol. The van der Waals surface area contributed by atoms with Gasteiger partial charge < -0.3 is 34.5 Å². The molecule has 2 aromatic carbocycles. The molecule has 4 rings (SSSR count). The molecule has 1 fully saturated rings. The molecular weight excluding hydrogens is 438 g/mol. The number of benzene rings is 2. The van der Waals surface area contributed by atoms with E-state index in [2.05, 4.69) is 18.8 Å². The van der Waals surface area contributed by atoms with Gasteiger partial charge in [-0.15, -0.1) is 0 Å². The molecule has 1 aromatic heterocycles. The van der Waals surface area contributed by atoms with Crippen molar-refractivity contribution in [2.75, 3.05) is 6.61 Å². The van der Waals surface area contributed by atoms with Gasteiger partial charge in [-0.3, -0.25) is 0 Å². The van der Waals surface area contributed by atoms with E-state index in [-0.39, 0.29) is 6.61 Å². The maximum Gasteiger partial charge on any atom is 0.343 e. The number of aromatic nitrogens is 1. The smallest absolute Gasteiger partial charge is 0.343 e. The summed E-state index contributed by atoms with van der Waals surface area (Å²) in [5.41, 5.74) is 2.75. The minimum absolute atomic E-state index is 0.0729. The molecule has 0 radical (unpaired) electrons. The fourth-order valence-corrected chi connectivity index (χ4v) is 4.04. The van der Waals surface area contributed by atoms with Gasteiger partial charge in [0.05, 0.1) is 13.2 Å². The molecule has 1 aliphatic rings. The van der Waals surface area contributed by atoms with Gasteiger partial charge in [0.1, 0.15) is 12.2 Å². The second-order valence-electron chi connectivity index (χ2n) is 9.13. The minimum atomic E-state index is -2.34. The van der Waals surface area contributed by atoms with Crippen molar-refractivity contribution in [1.82, 2.24) is 4.98 Å². The fraction of sp³-hybridized carbons (Fsp3) is 0.423. The number of nitrogens with one attached hydrogen (secondary N) is 1. The van der Waals surface area contributed by atoms with E-state index < -0.39 is 36.7 Å². The summed E-state index contributed by atoms with van der Waals surface area (Å²) in [6.45, 7) is 3.50. The van der Waals surface area contributed by atoms with Crippen LogP contribution in [0, 0.1) is 5.92 Å². The van der Waals surface area contributed by atoms with E-state index in [4.69, 9.17) is 14.2 Å². The molecule has 0 bridgehead atoms. The van der Waals surface area contributed by atoms with Gasteiger partial charge in [0.25, 0.3) is 0 Å². The van der Waals surface area contributed by atoms with Crippen molar-refractivity contribution in [3.8, 4) is 5.75 Å². The Morgan fingerprint density at radius 2 is 1.94 bits per heavy atom. The summed E-state index contributed by atoms with van der Waals surface area (Å²) in [6.07, 6.45) is -0.800. The number of aliphatic hydroxyl groups is 3. The van der Waals surface area contributed by atoms with E-state index in [1.165, 1.54) is 0 Å². The maximum absolute atomic E-state index is 13.1. The largest absolute Gasteiger partial charge is 0.422 e. The zero-order valence-corrected chi connectivity index (χ0v) is 19.3. The maximum atomic E-state index is 13.1. The van der Waals surface area contributed by atoms with Gasteiger partial charge in [0.2, 0.25) is 5.79 Å². The third kappa shape index (κ3) is 5.16. The van der Waals surface area contributed by atoms with E-state index in [0.717, 1.165) is 34.9 Å². The summed E-state index contributed by atoms with van der Waals surface area (Å²) in [5, 5.41) is 31.4. The van der Waals surface area contributed by atoms with E-state index in [1.54, 1.807) is 6.20 Å². The molecule has 4 unspecified atom stereocenters. The van der Waals surface area contributed by atoms with Crippen LogP contribution in [-0.2, 0) is 27.3 Å². The lowest BCUT2D eigenvalue weighted by Crippen LogP contribution is -2.46. The molecule has 3 aromatic rings. The minimum Gasteiger partial charge on any atom is -0.422 e. The first-order chi connectivity index (χ1) is 16.3. The molecule has 0 saturated carbocycles. The third-order valence-corrected chi connectivity index (χ3v) is 6.08. The Morgan fingerprint density at radius 1 is 1.18 bits per heavy atom. The summed E-state index contributed by atoms with van der Waals surface area (Å²) >= 11 is 0. The van der Waals surface area contributed by atoms with E-state index in [0.29, 0.717) is 11.7 Å². The average Bonchev–Trinajstić information content (AvgIpc) is 3.35. The van der Waals surface area contributed by atoms with Crippen molar-refractivity contribution >= 4 is 16.9 Å². The number of aliphatic hydroxyl groups excluding tert-OH is 2. The lowest BCUT2D eigenvalue weighted by molar-refractivity contribution is -0.246. The van der Waals surface area contributed by atoms with Crippen LogP contribution in [0.5, 0.6) is 5.75 Å². The number of carbonyl (C=O) groups excluding carboxylic acids is 1. The number of carbonyl (C=O) groups is 1.